The molecule has 0 radical (unpaired) electrons. The molecule has 1 aliphatic rings. The molecule has 0 aromatic heterocycles. The van der Waals surface area contributed by atoms with Gasteiger partial charge in [0.05, 0.1) is 18.6 Å². The summed E-state index contributed by atoms with van der Waals surface area (Å²) >= 11 is 12.9. The number of methoxy groups -OCH3 is 1. The van der Waals surface area contributed by atoms with E-state index in [1.54, 1.807) is 37.5 Å². The number of ether oxygens (including phenoxy) is 1. The Labute approximate surface area is 159 Å². The highest BCUT2D eigenvalue weighted by Gasteiger charge is 2.35. The van der Waals surface area contributed by atoms with Crippen LogP contribution < -0.4 is 4.74 Å². The molecular formula is C18H13Cl2NO3S. The molecular weight excluding hydrogens is 381 g/mol. The summed E-state index contributed by atoms with van der Waals surface area (Å²) in [5.41, 5.74) is 1.45. The molecule has 2 aromatic carbocycles. The average Bonchev–Trinajstić information content (AvgIpc) is 2.84. The summed E-state index contributed by atoms with van der Waals surface area (Å²) in [6.07, 6.45) is 1.68. The van der Waals surface area contributed by atoms with Crippen molar-refractivity contribution in [2.24, 2.45) is 0 Å². The number of rotatable bonds is 4. The van der Waals surface area contributed by atoms with Gasteiger partial charge in [0.25, 0.3) is 11.1 Å². The molecule has 0 spiro atoms. The summed E-state index contributed by atoms with van der Waals surface area (Å²) in [6, 6.07) is 12.2. The molecule has 0 N–H and O–H groups in total. The average molecular weight is 394 g/mol. The second kappa shape index (κ2) is 7.52. The van der Waals surface area contributed by atoms with Crippen molar-refractivity contribution < 1.29 is 14.3 Å². The standard InChI is InChI=1S/C18H13Cl2NO3S/c1-24-14-4-2-3-11(7-14)8-16-17(22)21(18(23)25-16)10-12-5-6-13(19)9-15(12)20/h2-9H,10H2,1H3/b16-8+. The Morgan fingerprint density at radius 1 is 1.16 bits per heavy atom. The van der Waals surface area contributed by atoms with Crippen molar-refractivity contribution in [1.82, 2.24) is 4.90 Å². The van der Waals surface area contributed by atoms with Crippen LogP contribution in [-0.4, -0.2) is 23.2 Å². The molecule has 25 heavy (non-hydrogen) atoms. The summed E-state index contributed by atoms with van der Waals surface area (Å²) < 4.78 is 5.17. The third-order valence-electron chi connectivity index (χ3n) is 3.61. The van der Waals surface area contributed by atoms with Gasteiger partial charge in [-0.2, -0.15) is 0 Å². The quantitative estimate of drug-likeness (QED) is 0.666. The van der Waals surface area contributed by atoms with Crippen LogP contribution >= 0.6 is 35.0 Å². The maximum absolute atomic E-state index is 12.6. The lowest BCUT2D eigenvalue weighted by Crippen LogP contribution is -2.27. The first-order chi connectivity index (χ1) is 12.0. The van der Waals surface area contributed by atoms with Crippen molar-refractivity contribution in [3.8, 4) is 5.75 Å². The summed E-state index contributed by atoms with van der Waals surface area (Å²) in [5, 5.41) is 0.592. The Kier molecular flexibility index (Phi) is 5.37. The van der Waals surface area contributed by atoms with Gasteiger partial charge in [-0.3, -0.25) is 14.5 Å². The smallest absolute Gasteiger partial charge is 0.293 e. The van der Waals surface area contributed by atoms with Crippen LogP contribution in [-0.2, 0) is 11.3 Å². The molecule has 2 aromatic rings. The fourth-order valence-electron chi connectivity index (χ4n) is 2.34. The molecule has 0 saturated carbocycles. The molecule has 128 valence electrons. The maximum atomic E-state index is 12.6. The number of carbonyl (C=O) groups excluding carboxylic acids is 2. The van der Waals surface area contributed by atoms with Crippen molar-refractivity contribution in [2.45, 2.75) is 6.54 Å². The molecule has 4 nitrogen and oxygen atoms in total. The maximum Gasteiger partial charge on any atom is 0.293 e. The van der Waals surface area contributed by atoms with Gasteiger partial charge in [0, 0.05) is 10.0 Å². The number of thioether (sulfide) groups is 1. The number of nitrogens with zero attached hydrogens (tertiary/aromatic N) is 1. The molecule has 7 heteroatoms. The first kappa shape index (κ1) is 17.9. The monoisotopic (exact) mass is 393 g/mol. The van der Waals surface area contributed by atoms with E-state index in [2.05, 4.69) is 0 Å². The van der Waals surface area contributed by atoms with E-state index in [-0.39, 0.29) is 17.7 Å². The molecule has 2 amide bonds. The van der Waals surface area contributed by atoms with Gasteiger partial charge in [-0.05, 0) is 53.2 Å². The van der Waals surface area contributed by atoms with Gasteiger partial charge in [-0.15, -0.1) is 0 Å². The fraction of sp³-hybridized carbons (Fsp3) is 0.111. The Morgan fingerprint density at radius 3 is 2.68 bits per heavy atom. The second-order valence-corrected chi connectivity index (χ2v) is 7.12. The molecule has 0 atom stereocenters. The Morgan fingerprint density at radius 2 is 1.96 bits per heavy atom. The van der Waals surface area contributed by atoms with Gasteiger partial charge in [0.1, 0.15) is 5.75 Å². The van der Waals surface area contributed by atoms with Gasteiger partial charge < -0.3 is 4.74 Å². The van der Waals surface area contributed by atoms with Gasteiger partial charge in [0.2, 0.25) is 0 Å². The molecule has 1 heterocycles. The van der Waals surface area contributed by atoms with E-state index in [0.717, 1.165) is 17.3 Å². The minimum absolute atomic E-state index is 0.107. The Balaban J connectivity index is 1.83. The van der Waals surface area contributed by atoms with Gasteiger partial charge in [-0.1, -0.05) is 41.4 Å². The predicted molar refractivity (Wildman–Crippen MR) is 101 cm³/mol. The predicted octanol–water partition coefficient (Wildman–Crippen LogP) is 5.24. The molecule has 0 aliphatic carbocycles. The van der Waals surface area contributed by atoms with Crippen molar-refractivity contribution in [3.05, 3.63) is 68.5 Å². The zero-order valence-electron chi connectivity index (χ0n) is 13.2. The van der Waals surface area contributed by atoms with Crippen LogP contribution in [0, 0.1) is 0 Å². The van der Waals surface area contributed by atoms with E-state index in [1.165, 1.54) is 4.90 Å². The lowest BCUT2D eigenvalue weighted by molar-refractivity contribution is -0.123. The van der Waals surface area contributed by atoms with Crippen LogP contribution in [0.3, 0.4) is 0 Å². The van der Waals surface area contributed by atoms with E-state index in [9.17, 15) is 9.59 Å². The summed E-state index contributed by atoms with van der Waals surface area (Å²) in [4.78, 5) is 26.3. The number of halogens is 2. The van der Waals surface area contributed by atoms with Crippen LogP contribution in [0.1, 0.15) is 11.1 Å². The highest BCUT2D eigenvalue weighted by atomic mass is 35.5. The number of amides is 2. The van der Waals surface area contributed by atoms with Crippen LogP contribution in [0.25, 0.3) is 6.08 Å². The van der Waals surface area contributed by atoms with Crippen LogP contribution in [0.15, 0.2) is 47.4 Å². The molecule has 0 bridgehead atoms. The second-order valence-electron chi connectivity index (χ2n) is 5.28. The summed E-state index contributed by atoms with van der Waals surface area (Å²) in [5.74, 6) is 0.338. The molecule has 3 rings (SSSR count). The zero-order chi connectivity index (χ0) is 18.0. The van der Waals surface area contributed by atoms with E-state index in [4.69, 9.17) is 27.9 Å². The third-order valence-corrected chi connectivity index (χ3v) is 5.10. The highest BCUT2D eigenvalue weighted by Crippen LogP contribution is 2.34. The largest absolute Gasteiger partial charge is 0.497 e. The molecule has 1 saturated heterocycles. The van der Waals surface area contributed by atoms with Gasteiger partial charge >= 0.3 is 0 Å². The first-order valence-corrected chi connectivity index (χ1v) is 8.88. The number of hydrogen-bond donors (Lipinski definition) is 0. The lowest BCUT2D eigenvalue weighted by Gasteiger charge is -2.13. The number of benzene rings is 2. The van der Waals surface area contributed by atoms with Gasteiger partial charge in [-0.25, -0.2) is 0 Å². The fourth-order valence-corrected chi connectivity index (χ4v) is 3.65. The number of carbonyl (C=O) groups is 2. The number of imide groups is 1. The molecule has 0 unspecified atom stereocenters. The summed E-state index contributed by atoms with van der Waals surface area (Å²) in [6.45, 7) is 0.107. The minimum atomic E-state index is -0.344. The van der Waals surface area contributed by atoms with Crippen molar-refractivity contribution in [2.75, 3.05) is 7.11 Å². The Hall–Kier alpha value is -1.95. The molecule has 1 fully saturated rings. The van der Waals surface area contributed by atoms with Crippen molar-refractivity contribution in [1.29, 1.82) is 0 Å². The minimum Gasteiger partial charge on any atom is -0.497 e. The Bertz CT molecular complexity index is 882. The zero-order valence-corrected chi connectivity index (χ0v) is 15.5. The highest BCUT2D eigenvalue weighted by molar-refractivity contribution is 8.18. The van der Waals surface area contributed by atoms with Crippen LogP contribution in [0.4, 0.5) is 4.79 Å². The van der Waals surface area contributed by atoms with E-state index in [1.807, 2.05) is 18.2 Å². The van der Waals surface area contributed by atoms with E-state index >= 15 is 0 Å². The van der Waals surface area contributed by atoms with E-state index < -0.39 is 0 Å². The third kappa shape index (κ3) is 4.00. The first-order valence-electron chi connectivity index (χ1n) is 7.31. The van der Waals surface area contributed by atoms with Crippen LogP contribution in [0.2, 0.25) is 10.0 Å². The topological polar surface area (TPSA) is 46.6 Å². The SMILES string of the molecule is COc1cccc(/C=C2/SC(=O)N(Cc3ccc(Cl)cc3Cl)C2=O)c1. The van der Waals surface area contributed by atoms with Crippen molar-refractivity contribution in [3.63, 3.8) is 0 Å². The lowest BCUT2D eigenvalue weighted by atomic mass is 10.2. The van der Waals surface area contributed by atoms with Crippen LogP contribution in [0.5, 0.6) is 5.75 Å². The summed E-state index contributed by atoms with van der Waals surface area (Å²) in [7, 11) is 1.57. The molecule has 1 aliphatic heterocycles. The van der Waals surface area contributed by atoms with Gasteiger partial charge in [0.15, 0.2) is 0 Å². The normalized spacial score (nSPS) is 16.0. The van der Waals surface area contributed by atoms with Crippen molar-refractivity contribution >= 4 is 52.2 Å². The number of hydrogen-bond acceptors (Lipinski definition) is 4. The van der Waals surface area contributed by atoms with E-state index in [0.29, 0.717) is 26.3 Å².